The predicted octanol–water partition coefficient (Wildman–Crippen LogP) is 2.06. The molecule has 4 rings (SSSR count). The number of benzene rings is 1. The summed E-state index contributed by atoms with van der Waals surface area (Å²) in [6.07, 6.45) is 6.27. The van der Waals surface area contributed by atoms with Gasteiger partial charge in [-0.15, -0.1) is 0 Å². The van der Waals surface area contributed by atoms with Crippen LogP contribution in [0.5, 0.6) is 0 Å². The Hall–Kier alpha value is -3.02. The fraction of sp³-hybridized carbons (Fsp3) is 0.263. The van der Waals surface area contributed by atoms with Crippen molar-refractivity contribution >= 4 is 16.8 Å². The molecule has 6 nitrogen and oxygen atoms in total. The van der Waals surface area contributed by atoms with Crippen molar-refractivity contribution in [1.82, 2.24) is 19.9 Å². The SMILES string of the molecule is O=C(NCc1cccnc1)c1ccc2c(=O)n3c(nc2c1)CCCC3. The van der Waals surface area contributed by atoms with Crippen LogP contribution in [0.15, 0.2) is 47.5 Å². The van der Waals surface area contributed by atoms with Gasteiger partial charge in [0, 0.05) is 37.5 Å². The fourth-order valence-electron chi connectivity index (χ4n) is 3.17. The number of hydrogen-bond acceptors (Lipinski definition) is 4. The van der Waals surface area contributed by atoms with Crippen molar-refractivity contribution in [3.8, 4) is 0 Å². The maximum absolute atomic E-state index is 12.6. The van der Waals surface area contributed by atoms with Gasteiger partial charge in [0.1, 0.15) is 5.82 Å². The van der Waals surface area contributed by atoms with Crippen molar-refractivity contribution in [2.75, 3.05) is 0 Å². The molecule has 1 amide bonds. The predicted molar refractivity (Wildman–Crippen MR) is 94.3 cm³/mol. The molecule has 1 aliphatic heterocycles. The van der Waals surface area contributed by atoms with Gasteiger partial charge in [-0.2, -0.15) is 0 Å². The van der Waals surface area contributed by atoms with E-state index < -0.39 is 0 Å². The molecule has 126 valence electrons. The number of fused-ring (bicyclic) bond motifs is 2. The molecular formula is C19H18N4O2. The number of rotatable bonds is 3. The molecule has 6 heteroatoms. The minimum absolute atomic E-state index is 0.0120. The first-order valence-corrected chi connectivity index (χ1v) is 8.43. The first-order chi connectivity index (χ1) is 12.2. The van der Waals surface area contributed by atoms with Crippen LogP contribution in [-0.2, 0) is 19.5 Å². The van der Waals surface area contributed by atoms with E-state index >= 15 is 0 Å². The monoisotopic (exact) mass is 334 g/mol. The molecular weight excluding hydrogens is 316 g/mol. The van der Waals surface area contributed by atoms with Crippen LogP contribution in [0.2, 0.25) is 0 Å². The highest BCUT2D eigenvalue weighted by Gasteiger charge is 2.16. The van der Waals surface area contributed by atoms with Crippen LogP contribution in [0.3, 0.4) is 0 Å². The van der Waals surface area contributed by atoms with Crippen molar-refractivity contribution in [3.63, 3.8) is 0 Å². The van der Waals surface area contributed by atoms with Gasteiger partial charge in [-0.1, -0.05) is 6.07 Å². The van der Waals surface area contributed by atoms with Gasteiger partial charge < -0.3 is 5.32 Å². The Labute approximate surface area is 144 Å². The molecule has 0 spiro atoms. The van der Waals surface area contributed by atoms with Crippen LogP contribution < -0.4 is 10.9 Å². The van der Waals surface area contributed by atoms with Gasteiger partial charge in [0.15, 0.2) is 0 Å². The summed E-state index contributed by atoms with van der Waals surface area (Å²) in [5, 5.41) is 3.43. The van der Waals surface area contributed by atoms with Gasteiger partial charge in [0.05, 0.1) is 10.9 Å². The zero-order chi connectivity index (χ0) is 17.2. The van der Waals surface area contributed by atoms with Crippen LogP contribution in [0, 0.1) is 0 Å². The zero-order valence-electron chi connectivity index (χ0n) is 13.7. The van der Waals surface area contributed by atoms with Gasteiger partial charge in [-0.25, -0.2) is 4.98 Å². The second-order valence-electron chi connectivity index (χ2n) is 6.22. The molecule has 0 saturated heterocycles. The molecule has 1 aliphatic rings. The minimum Gasteiger partial charge on any atom is -0.348 e. The summed E-state index contributed by atoms with van der Waals surface area (Å²) in [5.74, 6) is 0.627. The number of pyridine rings is 1. The van der Waals surface area contributed by atoms with Crippen molar-refractivity contribution < 1.29 is 4.79 Å². The van der Waals surface area contributed by atoms with E-state index in [-0.39, 0.29) is 11.5 Å². The molecule has 3 heterocycles. The Morgan fingerprint density at radius 3 is 3.00 bits per heavy atom. The zero-order valence-corrected chi connectivity index (χ0v) is 13.7. The van der Waals surface area contributed by atoms with E-state index in [2.05, 4.69) is 15.3 Å². The highest BCUT2D eigenvalue weighted by molar-refractivity contribution is 5.97. The minimum atomic E-state index is -0.189. The average Bonchev–Trinajstić information content (AvgIpc) is 2.67. The first kappa shape index (κ1) is 15.5. The Morgan fingerprint density at radius 2 is 2.16 bits per heavy atom. The Morgan fingerprint density at radius 1 is 1.24 bits per heavy atom. The van der Waals surface area contributed by atoms with Gasteiger partial charge in [0.25, 0.3) is 11.5 Å². The molecule has 0 bridgehead atoms. The molecule has 25 heavy (non-hydrogen) atoms. The quantitative estimate of drug-likeness (QED) is 0.795. The maximum Gasteiger partial charge on any atom is 0.261 e. The lowest BCUT2D eigenvalue weighted by atomic mass is 10.1. The lowest BCUT2D eigenvalue weighted by Crippen LogP contribution is -2.28. The van der Waals surface area contributed by atoms with Crippen LogP contribution in [-0.4, -0.2) is 20.4 Å². The molecule has 0 radical (unpaired) electrons. The summed E-state index contributed by atoms with van der Waals surface area (Å²) >= 11 is 0. The molecule has 0 atom stereocenters. The number of carbonyl (C=O) groups excluding carboxylic acids is 1. The maximum atomic E-state index is 12.6. The van der Waals surface area contributed by atoms with Gasteiger partial charge in [0.2, 0.25) is 0 Å². The second kappa shape index (κ2) is 6.47. The highest BCUT2D eigenvalue weighted by Crippen LogP contribution is 2.16. The average molecular weight is 334 g/mol. The number of aromatic nitrogens is 3. The third-order valence-corrected chi connectivity index (χ3v) is 4.50. The summed E-state index contributed by atoms with van der Waals surface area (Å²) in [6.45, 7) is 1.13. The van der Waals surface area contributed by atoms with E-state index in [9.17, 15) is 9.59 Å². The highest BCUT2D eigenvalue weighted by atomic mass is 16.1. The summed E-state index contributed by atoms with van der Waals surface area (Å²) in [5.41, 5.74) is 2.01. The third kappa shape index (κ3) is 3.03. The molecule has 1 aromatic carbocycles. The normalized spacial score (nSPS) is 13.4. The first-order valence-electron chi connectivity index (χ1n) is 8.43. The van der Waals surface area contributed by atoms with E-state index in [1.165, 1.54) is 0 Å². The summed E-state index contributed by atoms with van der Waals surface area (Å²) in [7, 11) is 0. The van der Waals surface area contributed by atoms with E-state index in [1.807, 2.05) is 12.1 Å². The number of carbonyl (C=O) groups is 1. The van der Waals surface area contributed by atoms with Crippen LogP contribution in [0.1, 0.15) is 34.6 Å². The Kier molecular flexibility index (Phi) is 4.01. The van der Waals surface area contributed by atoms with E-state index in [1.54, 1.807) is 35.2 Å². The number of amides is 1. The van der Waals surface area contributed by atoms with Crippen molar-refractivity contribution in [2.24, 2.45) is 0 Å². The van der Waals surface area contributed by atoms with Crippen LogP contribution in [0.25, 0.3) is 10.9 Å². The van der Waals surface area contributed by atoms with E-state index in [0.717, 1.165) is 37.2 Å². The van der Waals surface area contributed by atoms with Gasteiger partial charge in [-0.3, -0.25) is 19.1 Å². The number of hydrogen-bond donors (Lipinski definition) is 1. The number of aryl methyl sites for hydroxylation is 1. The molecule has 1 N–H and O–H groups in total. The fourth-order valence-corrected chi connectivity index (χ4v) is 3.17. The largest absolute Gasteiger partial charge is 0.348 e. The van der Waals surface area contributed by atoms with Crippen molar-refractivity contribution in [1.29, 1.82) is 0 Å². The summed E-state index contributed by atoms with van der Waals surface area (Å²) < 4.78 is 1.76. The molecule has 2 aromatic heterocycles. The van der Waals surface area contributed by atoms with Gasteiger partial charge in [-0.05, 0) is 42.7 Å². The lowest BCUT2D eigenvalue weighted by Gasteiger charge is -2.17. The smallest absolute Gasteiger partial charge is 0.261 e. The molecule has 0 unspecified atom stereocenters. The lowest BCUT2D eigenvalue weighted by molar-refractivity contribution is 0.0951. The molecule has 0 fully saturated rings. The molecule has 0 aliphatic carbocycles. The van der Waals surface area contributed by atoms with Crippen molar-refractivity contribution in [3.05, 3.63) is 70.0 Å². The topological polar surface area (TPSA) is 76.9 Å². The third-order valence-electron chi connectivity index (χ3n) is 4.50. The van der Waals surface area contributed by atoms with Crippen LogP contribution in [0.4, 0.5) is 0 Å². The molecule has 0 saturated carbocycles. The summed E-state index contributed by atoms with van der Waals surface area (Å²) in [4.78, 5) is 33.6. The van der Waals surface area contributed by atoms with E-state index in [0.29, 0.717) is 23.0 Å². The number of nitrogens with one attached hydrogen (secondary N) is 1. The summed E-state index contributed by atoms with van der Waals surface area (Å²) in [6, 6.07) is 8.82. The Balaban J connectivity index is 1.62. The van der Waals surface area contributed by atoms with Crippen molar-refractivity contribution in [2.45, 2.75) is 32.4 Å². The van der Waals surface area contributed by atoms with E-state index in [4.69, 9.17) is 0 Å². The number of nitrogens with zero attached hydrogens (tertiary/aromatic N) is 3. The Bertz CT molecular complexity index is 995. The second-order valence-corrected chi connectivity index (χ2v) is 6.22. The van der Waals surface area contributed by atoms with Crippen LogP contribution >= 0.6 is 0 Å². The van der Waals surface area contributed by atoms with Gasteiger partial charge >= 0.3 is 0 Å². The standard InChI is InChI=1S/C19H18N4O2/c24-18(21-12-13-4-3-8-20-11-13)14-6-7-15-16(10-14)22-17-5-1-2-9-23(17)19(15)25/h3-4,6-8,10-11H,1-2,5,9,12H2,(H,21,24). The molecule has 3 aromatic rings.